The zero-order valence-electron chi connectivity index (χ0n) is 18.0. The molecule has 1 unspecified atom stereocenters. The predicted molar refractivity (Wildman–Crippen MR) is 119 cm³/mol. The highest BCUT2D eigenvalue weighted by atomic mass is 32.2. The Bertz CT molecular complexity index is 1080. The standard InChI is InChI=1S/C23H29N3O3S/c1-5-22-21(23(27)26(25-22)15-19-9-7-6-8-17(19)3)12-13-24-30(28,29)20-11-10-16(2)18(4)14-20/h6-11,14,21,24H,5,12-13,15H2,1-4H3. The monoisotopic (exact) mass is 427 g/mol. The molecule has 0 fully saturated rings. The van der Waals surface area contributed by atoms with Gasteiger partial charge in [0, 0.05) is 6.54 Å². The Morgan fingerprint density at radius 1 is 1.03 bits per heavy atom. The molecule has 1 aliphatic rings. The maximum Gasteiger partial charge on any atom is 0.251 e. The fourth-order valence-corrected chi connectivity index (χ4v) is 4.70. The third kappa shape index (κ3) is 4.79. The van der Waals surface area contributed by atoms with Crippen LogP contribution >= 0.6 is 0 Å². The first-order chi connectivity index (χ1) is 14.2. The number of rotatable bonds is 8. The Balaban J connectivity index is 1.65. The van der Waals surface area contributed by atoms with Gasteiger partial charge in [0.1, 0.15) is 0 Å². The van der Waals surface area contributed by atoms with Crippen LogP contribution in [0.4, 0.5) is 0 Å². The van der Waals surface area contributed by atoms with Crippen molar-refractivity contribution in [2.75, 3.05) is 6.54 Å². The van der Waals surface area contributed by atoms with Crippen molar-refractivity contribution in [2.45, 2.75) is 52.0 Å². The van der Waals surface area contributed by atoms with E-state index in [2.05, 4.69) is 9.82 Å². The van der Waals surface area contributed by atoms with Gasteiger partial charge >= 0.3 is 0 Å². The molecule has 7 heteroatoms. The number of aryl methyl sites for hydroxylation is 3. The lowest BCUT2D eigenvalue weighted by atomic mass is 9.97. The van der Waals surface area contributed by atoms with E-state index in [1.54, 1.807) is 18.2 Å². The van der Waals surface area contributed by atoms with E-state index in [9.17, 15) is 13.2 Å². The van der Waals surface area contributed by atoms with Gasteiger partial charge in [0.25, 0.3) is 5.91 Å². The lowest BCUT2D eigenvalue weighted by Gasteiger charge is -2.16. The summed E-state index contributed by atoms with van der Waals surface area (Å²) in [4.78, 5) is 13.2. The number of sulfonamides is 1. The van der Waals surface area contributed by atoms with Gasteiger partial charge in [-0.1, -0.05) is 37.3 Å². The van der Waals surface area contributed by atoms with Crippen molar-refractivity contribution in [2.24, 2.45) is 11.0 Å². The molecule has 1 heterocycles. The number of nitrogens with one attached hydrogen (secondary N) is 1. The van der Waals surface area contributed by atoms with Crippen molar-refractivity contribution in [3.63, 3.8) is 0 Å². The van der Waals surface area contributed by atoms with Gasteiger partial charge in [0.2, 0.25) is 10.0 Å². The zero-order chi connectivity index (χ0) is 21.9. The van der Waals surface area contributed by atoms with Crippen LogP contribution in [-0.2, 0) is 21.4 Å². The third-order valence-corrected chi connectivity index (χ3v) is 7.12. The number of benzene rings is 2. The van der Waals surface area contributed by atoms with Crippen LogP contribution in [-0.4, -0.2) is 31.6 Å². The zero-order valence-corrected chi connectivity index (χ0v) is 18.8. The minimum absolute atomic E-state index is 0.0690. The molecule has 2 aromatic carbocycles. The second-order valence-electron chi connectivity index (χ2n) is 7.75. The second kappa shape index (κ2) is 9.10. The molecule has 1 aliphatic heterocycles. The number of hydrogen-bond acceptors (Lipinski definition) is 4. The highest BCUT2D eigenvalue weighted by Crippen LogP contribution is 2.24. The lowest BCUT2D eigenvalue weighted by Crippen LogP contribution is -2.32. The molecule has 3 rings (SSSR count). The number of hydrazone groups is 1. The molecule has 1 atom stereocenters. The quantitative estimate of drug-likeness (QED) is 0.698. The van der Waals surface area contributed by atoms with Gasteiger partial charge in [-0.05, 0) is 68.0 Å². The Morgan fingerprint density at radius 2 is 1.77 bits per heavy atom. The number of carbonyl (C=O) groups excluding carboxylic acids is 1. The molecule has 1 N–H and O–H groups in total. The normalized spacial score (nSPS) is 16.8. The van der Waals surface area contributed by atoms with Crippen LogP contribution in [0.1, 0.15) is 42.0 Å². The topological polar surface area (TPSA) is 78.8 Å². The summed E-state index contributed by atoms with van der Waals surface area (Å²) in [6.45, 7) is 8.43. The van der Waals surface area contributed by atoms with Gasteiger partial charge < -0.3 is 0 Å². The molecular weight excluding hydrogens is 398 g/mol. The first kappa shape index (κ1) is 22.2. The van der Waals surface area contributed by atoms with E-state index in [1.165, 1.54) is 5.01 Å². The van der Waals surface area contributed by atoms with Crippen molar-refractivity contribution < 1.29 is 13.2 Å². The minimum Gasteiger partial charge on any atom is -0.272 e. The molecule has 0 spiro atoms. The van der Waals surface area contributed by atoms with Crippen LogP contribution in [0.15, 0.2) is 52.5 Å². The minimum atomic E-state index is -3.62. The number of nitrogens with zero attached hydrogens (tertiary/aromatic N) is 2. The Morgan fingerprint density at radius 3 is 2.43 bits per heavy atom. The third-order valence-electron chi connectivity index (χ3n) is 5.66. The van der Waals surface area contributed by atoms with Crippen LogP contribution in [0.25, 0.3) is 0 Å². The fraction of sp³-hybridized carbons (Fsp3) is 0.391. The molecule has 1 amide bonds. The van der Waals surface area contributed by atoms with Crippen molar-refractivity contribution in [3.8, 4) is 0 Å². The first-order valence-electron chi connectivity index (χ1n) is 10.2. The molecule has 0 aromatic heterocycles. The maximum absolute atomic E-state index is 12.9. The summed E-state index contributed by atoms with van der Waals surface area (Å²) in [5.41, 5.74) is 4.95. The van der Waals surface area contributed by atoms with Crippen molar-refractivity contribution in [3.05, 3.63) is 64.7 Å². The molecule has 0 saturated carbocycles. The SMILES string of the molecule is CCC1=NN(Cc2ccccc2C)C(=O)C1CCNS(=O)(=O)c1ccc(C)c(C)c1. The molecule has 6 nitrogen and oxygen atoms in total. The van der Waals surface area contributed by atoms with Gasteiger partial charge in [-0.15, -0.1) is 0 Å². The average molecular weight is 428 g/mol. The van der Waals surface area contributed by atoms with E-state index in [0.717, 1.165) is 28.0 Å². The molecule has 2 aromatic rings. The van der Waals surface area contributed by atoms with E-state index in [-0.39, 0.29) is 23.3 Å². The Hall–Kier alpha value is -2.51. The summed E-state index contributed by atoms with van der Waals surface area (Å²) in [7, 11) is -3.62. The smallest absolute Gasteiger partial charge is 0.251 e. The van der Waals surface area contributed by atoms with Gasteiger partial charge in [0.15, 0.2) is 0 Å². The Labute approximate surface area is 179 Å². The summed E-state index contributed by atoms with van der Waals surface area (Å²) >= 11 is 0. The maximum atomic E-state index is 12.9. The van der Waals surface area contributed by atoms with E-state index < -0.39 is 10.0 Å². The number of carbonyl (C=O) groups is 1. The van der Waals surface area contributed by atoms with Crippen molar-refractivity contribution >= 4 is 21.6 Å². The van der Waals surface area contributed by atoms with E-state index in [1.807, 2.05) is 52.0 Å². The Kier molecular flexibility index (Phi) is 6.73. The molecule has 0 bridgehead atoms. The molecule has 160 valence electrons. The largest absolute Gasteiger partial charge is 0.272 e. The van der Waals surface area contributed by atoms with Crippen molar-refractivity contribution in [1.82, 2.24) is 9.73 Å². The van der Waals surface area contributed by atoms with Crippen LogP contribution in [0.2, 0.25) is 0 Å². The summed E-state index contributed by atoms with van der Waals surface area (Å²) < 4.78 is 27.9. The van der Waals surface area contributed by atoms with E-state index >= 15 is 0 Å². The predicted octanol–water partition coefficient (Wildman–Crippen LogP) is 3.70. The number of amides is 1. The summed E-state index contributed by atoms with van der Waals surface area (Å²) in [6.07, 6.45) is 1.05. The van der Waals surface area contributed by atoms with E-state index in [4.69, 9.17) is 0 Å². The summed E-state index contributed by atoms with van der Waals surface area (Å²) in [6, 6.07) is 13.0. The number of hydrogen-bond donors (Lipinski definition) is 1. The molecule has 30 heavy (non-hydrogen) atoms. The van der Waals surface area contributed by atoms with Crippen LogP contribution < -0.4 is 4.72 Å². The second-order valence-corrected chi connectivity index (χ2v) is 9.52. The van der Waals surface area contributed by atoms with Crippen LogP contribution in [0.3, 0.4) is 0 Å². The van der Waals surface area contributed by atoms with E-state index in [0.29, 0.717) is 19.4 Å². The average Bonchev–Trinajstić information content (AvgIpc) is 3.00. The lowest BCUT2D eigenvalue weighted by molar-refractivity contribution is -0.132. The fourth-order valence-electron chi connectivity index (χ4n) is 3.57. The summed E-state index contributed by atoms with van der Waals surface area (Å²) in [5.74, 6) is -0.457. The highest BCUT2D eigenvalue weighted by molar-refractivity contribution is 7.89. The van der Waals surface area contributed by atoms with Crippen LogP contribution in [0, 0.1) is 26.7 Å². The molecular formula is C23H29N3O3S. The molecule has 0 aliphatic carbocycles. The molecule has 0 radical (unpaired) electrons. The first-order valence-corrected chi connectivity index (χ1v) is 11.7. The molecule has 0 saturated heterocycles. The summed E-state index contributed by atoms with van der Waals surface area (Å²) in [5, 5.41) is 6.04. The highest BCUT2D eigenvalue weighted by Gasteiger charge is 2.34. The van der Waals surface area contributed by atoms with Crippen LogP contribution in [0.5, 0.6) is 0 Å². The van der Waals surface area contributed by atoms with Crippen molar-refractivity contribution in [1.29, 1.82) is 0 Å². The van der Waals surface area contributed by atoms with Gasteiger partial charge in [-0.3, -0.25) is 4.79 Å². The van der Waals surface area contributed by atoms with Gasteiger partial charge in [-0.25, -0.2) is 18.1 Å². The van der Waals surface area contributed by atoms with Gasteiger partial charge in [0.05, 0.1) is 23.1 Å². The van der Waals surface area contributed by atoms with Gasteiger partial charge in [-0.2, -0.15) is 5.10 Å².